The van der Waals surface area contributed by atoms with E-state index < -0.39 is 50.8 Å². The molecule has 4 rings (SSSR count). The van der Waals surface area contributed by atoms with E-state index in [0.29, 0.717) is 24.8 Å². The van der Waals surface area contributed by atoms with Crippen molar-refractivity contribution in [3.63, 3.8) is 0 Å². The predicted octanol–water partition coefficient (Wildman–Crippen LogP) is 5.23. The maximum atomic E-state index is 14.3. The van der Waals surface area contributed by atoms with Crippen molar-refractivity contribution in [1.29, 1.82) is 0 Å². The van der Waals surface area contributed by atoms with Gasteiger partial charge in [0, 0.05) is 25.7 Å². The smallest absolute Gasteiger partial charge is 0.416 e. The molecule has 0 aromatic heterocycles. The number of methoxy groups -OCH3 is 1. The molecule has 0 N–H and O–H groups in total. The largest absolute Gasteiger partial charge is 0.468 e. The fourth-order valence-corrected chi connectivity index (χ4v) is 6.13. The zero-order valence-corrected chi connectivity index (χ0v) is 23.8. The van der Waals surface area contributed by atoms with Crippen LogP contribution in [-0.2, 0) is 25.7 Å². The SMILES string of the molecule is COC(=O)CN(C)CCN1CCN(S(=O)(=O)c2cccc(C(F)(F)F)c2)c2cc(-c3cc(F)cc(OC(F)F)c3)ccc21. The van der Waals surface area contributed by atoms with Crippen LogP contribution < -0.4 is 13.9 Å². The second-order valence-electron chi connectivity index (χ2n) is 9.66. The van der Waals surface area contributed by atoms with Gasteiger partial charge in [-0.1, -0.05) is 12.1 Å². The van der Waals surface area contributed by atoms with Crippen LogP contribution in [0.1, 0.15) is 5.56 Å². The number of carbonyl (C=O) groups is 1. The lowest BCUT2D eigenvalue weighted by atomic mass is 10.0. The number of nitrogens with zero attached hydrogens (tertiary/aromatic N) is 3. The van der Waals surface area contributed by atoms with Crippen molar-refractivity contribution in [2.75, 3.05) is 56.1 Å². The Balaban J connectivity index is 1.77. The topological polar surface area (TPSA) is 79.4 Å². The Labute approximate surface area is 244 Å². The molecular formula is C28H27F6N3O5S. The van der Waals surface area contributed by atoms with Crippen LogP contribution in [0.3, 0.4) is 0 Å². The second-order valence-corrected chi connectivity index (χ2v) is 11.5. The highest BCUT2D eigenvalue weighted by Crippen LogP contribution is 2.41. The number of esters is 1. The van der Waals surface area contributed by atoms with E-state index >= 15 is 0 Å². The summed E-state index contributed by atoms with van der Waals surface area (Å²) >= 11 is 0. The number of rotatable bonds is 10. The number of likely N-dealkylation sites (N-methyl/N-ethyl adjacent to an activating group) is 1. The highest BCUT2D eigenvalue weighted by molar-refractivity contribution is 7.92. The van der Waals surface area contributed by atoms with E-state index in [0.717, 1.165) is 40.7 Å². The maximum Gasteiger partial charge on any atom is 0.416 e. The molecule has 43 heavy (non-hydrogen) atoms. The van der Waals surface area contributed by atoms with Gasteiger partial charge in [0.15, 0.2) is 0 Å². The first-order valence-corrected chi connectivity index (χ1v) is 14.2. The number of hydrogen-bond donors (Lipinski definition) is 0. The molecule has 3 aromatic rings. The molecular weight excluding hydrogens is 604 g/mol. The average Bonchev–Trinajstić information content (AvgIpc) is 2.94. The quantitative estimate of drug-likeness (QED) is 0.224. The first kappa shape index (κ1) is 31.9. The Kier molecular flexibility index (Phi) is 9.44. The highest BCUT2D eigenvalue weighted by Gasteiger charge is 2.35. The molecule has 15 heteroatoms. The normalized spacial score (nSPS) is 13.8. The summed E-state index contributed by atoms with van der Waals surface area (Å²) in [4.78, 5) is 14.6. The number of fused-ring (bicyclic) bond motifs is 1. The van der Waals surface area contributed by atoms with Crippen molar-refractivity contribution >= 4 is 27.4 Å². The number of sulfonamides is 1. The van der Waals surface area contributed by atoms with Gasteiger partial charge in [-0.15, -0.1) is 0 Å². The number of benzene rings is 3. The average molecular weight is 632 g/mol. The van der Waals surface area contributed by atoms with E-state index in [1.165, 1.54) is 19.2 Å². The molecule has 0 saturated heterocycles. The number of alkyl halides is 5. The summed E-state index contributed by atoms with van der Waals surface area (Å²) in [6.45, 7) is -2.49. The van der Waals surface area contributed by atoms with Crippen molar-refractivity contribution in [3.8, 4) is 16.9 Å². The van der Waals surface area contributed by atoms with Crippen LogP contribution in [0.15, 0.2) is 65.6 Å². The molecule has 1 heterocycles. The molecule has 0 atom stereocenters. The summed E-state index contributed by atoms with van der Waals surface area (Å²) in [5, 5.41) is 0. The van der Waals surface area contributed by atoms with Crippen LogP contribution in [0.2, 0.25) is 0 Å². The third-order valence-corrected chi connectivity index (χ3v) is 8.52. The lowest BCUT2D eigenvalue weighted by Gasteiger charge is -2.39. The van der Waals surface area contributed by atoms with E-state index in [1.54, 1.807) is 18.0 Å². The van der Waals surface area contributed by atoms with Gasteiger partial charge in [-0.2, -0.15) is 22.0 Å². The fourth-order valence-electron chi connectivity index (χ4n) is 4.62. The number of carbonyl (C=O) groups excluding carboxylic acids is 1. The van der Waals surface area contributed by atoms with Gasteiger partial charge in [0.2, 0.25) is 0 Å². The monoisotopic (exact) mass is 631 g/mol. The molecule has 0 amide bonds. The van der Waals surface area contributed by atoms with Gasteiger partial charge in [-0.05, 0) is 60.6 Å². The van der Waals surface area contributed by atoms with Crippen LogP contribution in [0.25, 0.3) is 11.1 Å². The second kappa shape index (κ2) is 12.7. The summed E-state index contributed by atoms with van der Waals surface area (Å²) in [5.74, 6) is -1.78. The predicted molar refractivity (Wildman–Crippen MR) is 146 cm³/mol. The number of halogens is 6. The standard InChI is InChI=1S/C28H27F6N3O5S/c1-35(17-26(38)41-2)8-9-36-10-11-37(43(39,40)23-5-3-4-20(15-23)28(32,33)34)25-14-18(6-7-24(25)36)19-12-21(29)16-22(13-19)42-27(30)31/h3-7,12-16,27H,8-11,17H2,1-2H3. The van der Waals surface area contributed by atoms with E-state index in [9.17, 15) is 39.6 Å². The fraction of sp³-hybridized carbons (Fsp3) is 0.321. The Morgan fingerprint density at radius 2 is 1.74 bits per heavy atom. The van der Waals surface area contributed by atoms with E-state index in [1.807, 2.05) is 4.90 Å². The molecule has 0 aliphatic carbocycles. The van der Waals surface area contributed by atoms with Crippen LogP contribution in [-0.4, -0.2) is 72.8 Å². The zero-order chi connectivity index (χ0) is 31.5. The van der Waals surface area contributed by atoms with Crippen LogP contribution in [0.4, 0.5) is 37.7 Å². The van der Waals surface area contributed by atoms with Gasteiger partial charge < -0.3 is 14.4 Å². The number of hydrogen-bond acceptors (Lipinski definition) is 7. The molecule has 0 unspecified atom stereocenters. The van der Waals surface area contributed by atoms with Crippen molar-refractivity contribution in [2.24, 2.45) is 0 Å². The molecule has 0 radical (unpaired) electrons. The van der Waals surface area contributed by atoms with E-state index in [4.69, 9.17) is 0 Å². The summed E-state index contributed by atoms with van der Waals surface area (Å²) in [6, 6.07) is 10.8. The van der Waals surface area contributed by atoms with Crippen molar-refractivity contribution in [3.05, 3.63) is 72.0 Å². The zero-order valence-electron chi connectivity index (χ0n) is 22.9. The lowest BCUT2D eigenvalue weighted by Crippen LogP contribution is -2.46. The van der Waals surface area contributed by atoms with Crippen LogP contribution in [0, 0.1) is 5.82 Å². The minimum Gasteiger partial charge on any atom is -0.468 e. The highest BCUT2D eigenvalue weighted by atomic mass is 32.2. The molecule has 3 aromatic carbocycles. The van der Waals surface area contributed by atoms with Crippen molar-refractivity contribution in [1.82, 2.24) is 4.90 Å². The first-order chi connectivity index (χ1) is 20.2. The van der Waals surface area contributed by atoms with Crippen molar-refractivity contribution in [2.45, 2.75) is 17.7 Å². The Morgan fingerprint density at radius 1 is 1.00 bits per heavy atom. The van der Waals surface area contributed by atoms with Gasteiger partial charge in [-0.3, -0.25) is 14.0 Å². The van der Waals surface area contributed by atoms with Crippen molar-refractivity contribution < 1.29 is 49.0 Å². The van der Waals surface area contributed by atoms with Gasteiger partial charge in [0.05, 0.1) is 42.0 Å². The van der Waals surface area contributed by atoms with Gasteiger partial charge in [0.25, 0.3) is 10.0 Å². The number of anilines is 2. The molecule has 0 fully saturated rings. The van der Waals surface area contributed by atoms with Gasteiger partial charge >= 0.3 is 18.8 Å². The minimum absolute atomic E-state index is 0.00871. The molecule has 1 aliphatic heterocycles. The Morgan fingerprint density at radius 3 is 2.42 bits per heavy atom. The van der Waals surface area contributed by atoms with Crippen LogP contribution >= 0.6 is 0 Å². The molecule has 1 aliphatic rings. The summed E-state index contributed by atoms with van der Waals surface area (Å²) in [7, 11) is -1.57. The van der Waals surface area contributed by atoms with Gasteiger partial charge in [-0.25, -0.2) is 12.8 Å². The minimum atomic E-state index is -4.78. The third-order valence-electron chi connectivity index (χ3n) is 6.72. The first-order valence-electron chi connectivity index (χ1n) is 12.8. The maximum absolute atomic E-state index is 14.3. The lowest BCUT2D eigenvalue weighted by molar-refractivity contribution is -0.141. The number of ether oxygens (including phenoxy) is 2. The summed E-state index contributed by atoms with van der Waals surface area (Å²) in [5.41, 5.74) is -0.313. The molecule has 0 saturated carbocycles. The molecule has 0 spiro atoms. The molecule has 8 nitrogen and oxygen atoms in total. The third kappa shape index (κ3) is 7.51. The Bertz CT molecular complexity index is 1590. The van der Waals surface area contributed by atoms with E-state index in [2.05, 4.69) is 9.47 Å². The summed E-state index contributed by atoms with van der Waals surface area (Å²) in [6.07, 6.45) is -4.78. The molecule has 232 valence electrons. The molecule has 0 bridgehead atoms. The van der Waals surface area contributed by atoms with Gasteiger partial charge in [0.1, 0.15) is 11.6 Å². The summed E-state index contributed by atoms with van der Waals surface area (Å²) < 4.78 is 118. The Hall–Kier alpha value is -3.98. The van der Waals surface area contributed by atoms with Crippen LogP contribution in [0.5, 0.6) is 5.75 Å². The van der Waals surface area contributed by atoms with E-state index in [-0.39, 0.29) is 36.4 Å².